The third-order valence-corrected chi connectivity index (χ3v) is 5.50. The van der Waals surface area contributed by atoms with E-state index < -0.39 is 0 Å². The molecule has 1 atom stereocenters. The Labute approximate surface area is 138 Å². The lowest BCUT2D eigenvalue weighted by atomic mass is 9.80. The number of benzene rings is 1. The lowest BCUT2D eigenvalue weighted by molar-refractivity contribution is -0.148. The van der Waals surface area contributed by atoms with Crippen molar-refractivity contribution in [2.75, 3.05) is 20.1 Å². The normalized spacial score (nSPS) is 25.0. The summed E-state index contributed by atoms with van der Waals surface area (Å²) < 4.78 is 0. The molecule has 1 aromatic carbocycles. The summed E-state index contributed by atoms with van der Waals surface area (Å²) >= 11 is 0. The smallest absolute Gasteiger partial charge is 0.222 e. The van der Waals surface area contributed by atoms with Gasteiger partial charge < -0.3 is 9.80 Å². The first-order chi connectivity index (χ1) is 11.1. The molecule has 4 nitrogen and oxygen atoms in total. The minimum absolute atomic E-state index is 0.115. The van der Waals surface area contributed by atoms with Crippen LogP contribution in [0, 0.1) is 0 Å². The molecule has 4 heteroatoms. The first kappa shape index (κ1) is 16.0. The number of piperidine rings is 2. The molecule has 2 aliphatic rings. The first-order valence-corrected chi connectivity index (χ1v) is 8.69. The molecular formula is C19H26N2O2. The summed E-state index contributed by atoms with van der Waals surface area (Å²) in [5.74, 6) is 0.453. The molecule has 0 radical (unpaired) electrons. The molecule has 2 amide bonds. The summed E-state index contributed by atoms with van der Waals surface area (Å²) in [6, 6.07) is 10.2. The Kier molecular flexibility index (Phi) is 4.69. The van der Waals surface area contributed by atoms with Crippen molar-refractivity contribution in [3.05, 3.63) is 35.9 Å². The van der Waals surface area contributed by atoms with Crippen LogP contribution < -0.4 is 0 Å². The highest BCUT2D eigenvalue weighted by Gasteiger charge is 2.44. The molecule has 0 N–H and O–H groups in total. The second kappa shape index (κ2) is 6.73. The summed E-state index contributed by atoms with van der Waals surface area (Å²) in [4.78, 5) is 28.6. The van der Waals surface area contributed by atoms with Gasteiger partial charge in [0.05, 0.1) is 5.54 Å². The van der Waals surface area contributed by atoms with Gasteiger partial charge in [0.25, 0.3) is 0 Å². The van der Waals surface area contributed by atoms with Gasteiger partial charge in [-0.05, 0) is 37.7 Å². The molecule has 2 heterocycles. The van der Waals surface area contributed by atoms with Gasteiger partial charge in [0.2, 0.25) is 11.8 Å². The van der Waals surface area contributed by atoms with Crippen molar-refractivity contribution in [1.82, 2.24) is 9.80 Å². The van der Waals surface area contributed by atoms with Crippen LogP contribution in [-0.4, -0.2) is 47.3 Å². The van der Waals surface area contributed by atoms with Crippen LogP contribution in [0.5, 0.6) is 0 Å². The van der Waals surface area contributed by atoms with Gasteiger partial charge in [-0.3, -0.25) is 9.59 Å². The largest absolute Gasteiger partial charge is 0.340 e. The fraction of sp³-hybridized carbons (Fsp3) is 0.579. The average Bonchev–Trinajstić information content (AvgIpc) is 2.59. The third-order valence-electron chi connectivity index (χ3n) is 5.50. The monoisotopic (exact) mass is 314 g/mol. The van der Waals surface area contributed by atoms with Gasteiger partial charge in [-0.15, -0.1) is 0 Å². The predicted molar refractivity (Wildman–Crippen MR) is 89.9 cm³/mol. The van der Waals surface area contributed by atoms with Gasteiger partial charge in [0.1, 0.15) is 0 Å². The number of amides is 2. The fourth-order valence-electron chi connectivity index (χ4n) is 4.03. The van der Waals surface area contributed by atoms with E-state index in [1.165, 1.54) is 5.56 Å². The highest BCUT2D eigenvalue weighted by Crippen LogP contribution is 2.35. The maximum atomic E-state index is 12.6. The molecule has 0 bridgehead atoms. The van der Waals surface area contributed by atoms with E-state index in [9.17, 15) is 9.59 Å². The maximum Gasteiger partial charge on any atom is 0.222 e. The number of likely N-dealkylation sites (tertiary alicyclic amines) is 2. The number of hydrogen-bond acceptors (Lipinski definition) is 2. The average molecular weight is 314 g/mol. The minimum atomic E-state index is -0.115. The van der Waals surface area contributed by atoms with Gasteiger partial charge in [0.15, 0.2) is 0 Å². The number of aryl methyl sites for hydroxylation is 1. The Hall–Kier alpha value is -1.84. The molecule has 2 aliphatic heterocycles. The van der Waals surface area contributed by atoms with E-state index in [-0.39, 0.29) is 17.4 Å². The minimum Gasteiger partial charge on any atom is -0.340 e. The topological polar surface area (TPSA) is 40.6 Å². The molecule has 0 aromatic heterocycles. The van der Waals surface area contributed by atoms with Crippen LogP contribution in [-0.2, 0) is 16.0 Å². The zero-order chi connectivity index (χ0) is 16.3. The fourth-order valence-corrected chi connectivity index (χ4v) is 4.03. The molecule has 3 rings (SSSR count). The Bertz CT molecular complexity index is 568. The summed E-state index contributed by atoms with van der Waals surface area (Å²) in [6.45, 7) is 1.54. The number of carbonyl (C=O) groups is 2. The molecule has 2 fully saturated rings. The van der Waals surface area contributed by atoms with Gasteiger partial charge in [-0.1, -0.05) is 30.3 Å². The van der Waals surface area contributed by atoms with E-state index >= 15 is 0 Å². The molecule has 0 saturated carbocycles. The number of hydrogen-bond donors (Lipinski definition) is 0. The second-order valence-electron chi connectivity index (χ2n) is 6.94. The van der Waals surface area contributed by atoms with Crippen molar-refractivity contribution in [1.29, 1.82) is 0 Å². The number of carbonyl (C=O) groups excluding carboxylic acids is 2. The lowest BCUT2D eigenvalue weighted by Gasteiger charge is -2.50. The highest BCUT2D eigenvalue weighted by molar-refractivity contribution is 5.79. The zero-order valence-corrected chi connectivity index (χ0v) is 14.0. The van der Waals surface area contributed by atoms with Gasteiger partial charge in [-0.2, -0.15) is 0 Å². The van der Waals surface area contributed by atoms with E-state index in [1.807, 2.05) is 35.0 Å². The van der Waals surface area contributed by atoms with Crippen molar-refractivity contribution < 1.29 is 9.59 Å². The Morgan fingerprint density at radius 3 is 2.70 bits per heavy atom. The van der Waals surface area contributed by atoms with E-state index in [4.69, 9.17) is 0 Å². The first-order valence-electron chi connectivity index (χ1n) is 8.69. The van der Waals surface area contributed by atoms with Crippen molar-refractivity contribution in [2.24, 2.45) is 0 Å². The molecule has 2 saturated heterocycles. The van der Waals surface area contributed by atoms with Crippen molar-refractivity contribution in [2.45, 2.75) is 50.5 Å². The maximum absolute atomic E-state index is 12.6. The molecule has 1 spiro atoms. The van der Waals surface area contributed by atoms with E-state index in [0.717, 1.165) is 38.6 Å². The van der Waals surface area contributed by atoms with Crippen LogP contribution in [0.15, 0.2) is 30.3 Å². The highest BCUT2D eigenvalue weighted by atomic mass is 16.2. The van der Waals surface area contributed by atoms with Crippen LogP contribution >= 0.6 is 0 Å². The van der Waals surface area contributed by atoms with Crippen LogP contribution in [0.1, 0.15) is 44.1 Å². The number of rotatable bonds is 3. The summed E-state index contributed by atoms with van der Waals surface area (Å²) in [6.07, 6.45) is 6.00. The van der Waals surface area contributed by atoms with E-state index in [1.54, 1.807) is 0 Å². The van der Waals surface area contributed by atoms with Crippen molar-refractivity contribution in [3.8, 4) is 0 Å². The number of likely N-dealkylation sites (N-methyl/N-ethyl adjacent to an activating group) is 1. The Balaban J connectivity index is 1.61. The number of nitrogens with zero attached hydrogens (tertiary/aromatic N) is 2. The van der Waals surface area contributed by atoms with Crippen LogP contribution in [0.4, 0.5) is 0 Å². The van der Waals surface area contributed by atoms with Crippen molar-refractivity contribution in [3.63, 3.8) is 0 Å². The van der Waals surface area contributed by atoms with Gasteiger partial charge in [0, 0.05) is 33.0 Å². The van der Waals surface area contributed by atoms with Gasteiger partial charge >= 0.3 is 0 Å². The molecule has 23 heavy (non-hydrogen) atoms. The lowest BCUT2D eigenvalue weighted by Crippen LogP contribution is -2.61. The van der Waals surface area contributed by atoms with Crippen molar-refractivity contribution >= 4 is 11.8 Å². The predicted octanol–water partition coefficient (Wildman–Crippen LogP) is 2.62. The summed E-state index contributed by atoms with van der Waals surface area (Å²) in [7, 11) is 1.92. The zero-order valence-electron chi connectivity index (χ0n) is 14.0. The summed E-state index contributed by atoms with van der Waals surface area (Å²) in [5.41, 5.74) is 1.09. The molecule has 124 valence electrons. The van der Waals surface area contributed by atoms with Crippen LogP contribution in [0.25, 0.3) is 0 Å². The molecular weight excluding hydrogens is 288 g/mol. The molecule has 1 aromatic rings. The quantitative estimate of drug-likeness (QED) is 0.860. The summed E-state index contributed by atoms with van der Waals surface area (Å²) in [5, 5.41) is 0. The molecule has 0 unspecified atom stereocenters. The standard InChI is InChI=1S/C19H26N2O2/c1-20-17(22)9-5-12-19(20)13-6-14-21(15-19)18(23)11-10-16-7-3-2-4-8-16/h2-4,7-8H,5-6,9-15H2,1H3/t19-/m1/s1. The Morgan fingerprint density at radius 2 is 1.91 bits per heavy atom. The van der Waals surface area contributed by atoms with Crippen LogP contribution in [0.3, 0.4) is 0 Å². The SMILES string of the molecule is CN1C(=O)CCC[C@]12CCCN(C(=O)CCc1ccccc1)C2. The van der Waals surface area contributed by atoms with Crippen LogP contribution in [0.2, 0.25) is 0 Å². The Morgan fingerprint density at radius 1 is 1.17 bits per heavy atom. The van der Waals surface area contributed by atoms with E-state index in [0.29, 0.717) is 19.4 Å². The van der Waals surface area contributed by atoms with Gasteiger partial charge in [-0.25, -0.2) is 0 Å². The second-order valence-corrected chi connectivity index (χ2v) is 6.94. The van der Waals surface area contributed by atoms with E-state index in [2.05, 4.69) is 12.1 Å². The third kappa shape index (κ3) is 3.41. The molecule has 0 aliphatic carbocycles.